The molecular weight excluding hydrogens is 340 g/mol. The van der Waals surface area contributed by atoms with Crippen LogP contribution in [0.15, 0.2) is 22.2 Å². The summed E-state index contributed by atoms with van der Waals surface area (Å²) in [6.45, 7) is -0.754. The van der Waals surface area contributed by atoms with Crippen LogP contribution in [0.25, 0.3) is 10.4 Å². The minimum atomic E-state index is -1.88. The Kier molecular flexibility index (Phi) is 5.59. The Morgan fingerprint density at radius 2 is 2.48 bits per heavy atom. The fourth-order valence-corrected chi connectivity index (χ4v) is 2.39. The van der Waals surface area contributed by atoms with Gasteiger partial charge in [-0.05, 0) is 11.6 Å². The maximum Gasteiger partial charge on any atom is 0.351 e. The number of nitrogens with two attached hydrogens (primary N) is 1. The Balaban J connectivity index is 2.31. The Hall–Kier alpha value is -2.67. The third-order valence-corrected chi connectivity index (χ3v) is 3.55. The number of nitrogens with zero attached hydrogens (tertiary/aromatic N) is 5. The number of carbonyl (C=O) groups is 1. The van der Waals surface area contributed by atoms with E-state index in [4.69, 9.17) is 25.8 Å². The van der Waals surface area contributed by atoms with Gasteiger partial charge in [-0.3, -0.25) is 9.36 Å². The first kappa shape index (κ1) is 18.7. The van der Waals surface area contributed by atoms with E-state index in [0.717, 1.165) is 4.57 Å². The van der Waals surface area contributed by atoms with E-state index in [1.54, 1.807) is 0 Å². The Labute approximate surface area is 140 Å². The van der Waals surface area contributed by atoms with Crippen molar-refractivity contribution in [3.05, 3.63) is 33.2 Å². The normalized spacial score (nSPS) is 28.3. The lowest BCUT2D eigenvalue weighted by molar-refractivity contribution is -0.134. The van der Waals surface area contributed by atoms with Crippen LogP contribution in [0.3, 0.4) is 0 Å². The molecule has 0 amide bonds. The monoisotopic (exact) mass is 355 g/mol. The lowest BCUT2D eigenvalue weighted by atomic mass is 10.0. The number of ether oxygens (including phenoxy) is 1. The number of carboxylic acids is 1. The van der Waals surface area contributed by atoms with Gasteiger partial charge in [0.2, 0.25) is 0 Å². The third kappa shape index (κ3) is 3.72. The highest BCUT2D eigenvalue weighted by Gasteiger charge is 2.55. The molecule has 2 heterocycles. The molecule has 1 aliphatic rings. The van der Waals surface area contributed by atoms with Crippen LogP contribution >= 0.6 is 0 Å². The maximum atomic E-state index is 14.6. The largest absolute Gasteiger partial charge is 0.480 e. The van der Waals surface area contributed by atoms with Crippen molar-refractivity contribution in [1.82, 2.24) is 9.55 Å². The standard InChI is InChI=1S/C11H15BFN7O5/c12-24-4-11(18-19-15)8(14)7(13)9(25-11)20-2-1-5(17-10(20)23)16-3-6(21)22/h1-2,7-9H,3-4,12,14H2,(H,21,22)(H,16,17,23)/t7?,8?,9-,11-/m1/s1. The van der Waals surface area contributed by atoms with Crippen molar-refractivity contribution in [2.75, 3.05) is 18.5 Å². The molecule has 1 fully saturated rings. The molecule has 1 aliphatic heterocycles. The second-order valence-corrected chi connectivity index (χ2v) is 5.20. The van der Waals surface area contributed by atoms with Gasteiger partial charge in [-0.1, -0.05) is 5.11 Å². The molecule has 134 valence electrons. The molecule has 1 saturated heterocycles. The summed E-state index contributed by atoms with van der Waals surface area (Å²) in [6, 6.07) is -0.0967. The molecule has 1 aromatic heterocycles. The van der Waals surface area contributed by atoms with Gasteiger partial charge in [-0.25, -0.2) is 9.18 Å². The van der Waals surface area contributed by atoms with Crippen LogP contribution in [0.5, 0.6) is 0 Å². The Bertz CT molecular complexity index is 757. The number of aromatic nitrogens is 2. The topological polar surface area (TPSA) is 177 Å². The molecule has 2 unspecified atom stereocenters. The number of nitrogens with one attached hydrogen (secondary N) is 1. The highest BCUT2D eigenvalue weighted by molar-refractivity contribution is 5.98. The zero-order valence-corrected chi connectivity index (χ0v) is 13.1. The number of alkyl halides is 1. The summed E-state index contributed by atoms with van der Waals surface area (Å²) >= 11 is 0. The molecule has 0 saturated carbocycles. The summed E-state index contributed by atoms with van der Waals surface area (Å²) in [6.07, 6.45) is -2.19. The predicted molar refractivity (Wildman–Crippen MR) is 84.0 cm³/mol. The van der Waals surface area contributed by atoms with Crippen LogP contribution in [0.4, 0.5) is 10.2 Å². The highest BCUT2D eigenvalue weighted by atomic mass is 19.1. The number of anilines is 1. The zero-order chi connectivity index (χ0) is 18.6. The Morgan fingerprint density at radius 1 is 1.76 bits per heavy atom. The van der Waals surface area contributed by atoms with Gasteiger partial charge >= 0.3 is 11.7 Å². The van der Waals surface area contributed by atoms with Crippen molar-refractivity contribution in [2.24, 2.45) is 10.8 Å². The van der Waals surface area contributed by atoms with Crippen LogP contribution in [-0.2, 0) is 14.2 Å². The summed E-state index contributed by atoms with van der Waals surface area (Å²) in [7, 11) is 1.29. The average Bonchev–Trinajstić information content (AvgIpc) is 2.79. The second kappa shape index (κ2) is 7.48. The number of hydrogen-bond acceptors (Lipinski definition) is 8. The smallest absolute Gasteiger partial charge is 0.351 e. The predicted octanol–water partition coefficient (Wildman–Crippen LogP) is -1.49. The molecule has 2 rings (SSSR count). The lowest BCUT2D eigenvalue weighted by Gasteiger charge is -2.26. The van der Waals surface area contributed by atoms with E-state index in [1.165, 1.54) is 20.3 Å². The fraction of sp³-hybridized carbons (Fsp3) is 0.545. The van der Waals surface area contributed by atoms with Crippen LogP contribution in [0, 0.1) is 0 Å². The van der Waals surface area contributed by atoms with Gasteiger partial charge in [0.05, 0.1) is 12.6 Å². The number of carboxylic acid groups (broad SMARTS) is 1. The number of aliphatic carboxylic acids is 1. The summed E-state index contributed by atoms with van der Waals surface area (Å²) in [5.74, 6) is -1.14. The second-order valence-electron chi connectivity index (χ2n) is 5.20. The van der Waals surface area contributed by atoms with E-state index in [-0.39, 0.29) is 12.4 Å². The van der Waals surface area contributed by atoms with Gasteiger partial charge < -0.3 is 25.5 Å². The van der Waals surface area contributed by atoms with E-state index < -0.39 is 42.4 Å². The van der Waals surface area contributed by atoms with Crippen LogP contribution < -0.4 is 16.7 Å². The van der Waals surface area contributed by atoms with E-state index in [9.17, 15) is 14.0 Å². The van der Waals surface area contributed by atoms with E-state index >= 15 is 0 Å². The van der Waals surface area contributed by atoms with Gasteiger partial charge in [0, 0.05) is 11.1 Å². The van der Waals surface area contributed by atoms with Crippen LogP contribution in [-0.4, -0.2) is 59.8 Å². The summed E-state index contributed by atoms with van der Waals surface area (Å²) in [4.78, 5) is 28.8. The van der Waals surface area contributed by atoms with Gasteiger partial charge in [0.1, 0.15) is 12.4 Å². The lowest BCUT2D eigenvalue weighted by Crippen LogP contribution is -2.49. The number of halogens is 1. The first-order valence-corrected chi connectivity index (χ1v) is 7.02. The average molecular weight is 355 g/mol. The van der Waals surface area contributed by atoms with Crippen molar-refractivity contribution >= 4 is 19.8 Å². The molecule has 4 atom stereocenters. The molecule has 12 nitrogen and oxygen atoms in total. The highest BCUT2D eigenvalue weighted by Crippen LogP contribution is 2.38. The van der Waals surface area contributed by atoms with Gasteiger partial charge in [-0.15, -0.1) is 0 Å². The van der Waals surface area contributed by atoms with E-state index in [0.29, 0.717) is 0 Å². The molecule has 0 radical (unpaired) electrons. The zero-order valence-electron chi connectivity index (χ0n) is 13.1. The van der Waals surface area contributed by atoms with E-state index in [1.807, 2.05) is 0 Å². The molecule has 14 heteroatoms. The summed E-state index contributed by atoms with van der Waals surface area (Å²) < 4.78 is 25.7. The summed E-state index contributed by atoms with van der Waals surface area (Å²) in [5, 5.41) is 14.4. The first-order valence-electron chi connectivity index (χ1n) is 7.02. The van der Waals surface area contributed by atoms with Crippen molar-refractivity contribution < 1.29 is 23.7 Å². The molecule has 1 aromatic rings. The molecular formula is C11H15BFN7O5. The fourth-order valence-electron chi connectivity index (χ4n) is 2.39. The maximum absolute atomic E-state index is 14.6. The van der Waals surface area contributed by atoms with Crippen LogP contribution in [0.2, 0.25) is 0 Å². The molecule has 25 heavy (non-hydrogen) atoms. The third-order valence-electron chi connectivity index (χ3n) is 3.55. The van der Waals surface area contributed by atoms with Crippen molar-refractivity contribution in [3.8, 4) is 0 Å². The number of azide groups is 1. The number of rotatable bonds is 7. The van der Waals surface area contributed by atoms with Crippen molar-refractivity contribution in [3.63, 3.8) is 0 Å². The quantitative estimate of drug-likeness (QED) is 0.229. The first-order chi connectivity index (χ1) is 11.8. The van der Waals surface area contributed by atoms with Gasteiger partial charge in [0.15, 0.2) is 18.1 Å². The van der Waals surface area contributed by atoms with Crippen molar-refractivity contribution in [2.45, 2.75) is 24.2 Å². The molecule has 0 bridgehead atoms. The molecule has 4 N–H and O–H groups in total. The summed E-state index contributed by atoms with van der Waals surface area (Å²) in [5.41, 5.74) is 11.7. The van der Waals surface area contributed by atoms with Crippen LogP contribution in [0.1, 0.15) is 6.23 Å². The minimum Gasteiger partial charge on any atom is -0.480 e. The molecule has 0 aliphatic carbocycles. The molecule has 0 spiro atoms. The molecule has 0 aromatic carbocycles. The van der Waals surface area contributed by atoms with Gasteiger partial charge in [-0.2, -0.15) is 4.98 Å². The minimum absolute atomic E-state index is 0.000413. The number of hydrogen-bond donors (Lipinski definition) is 3. The van der Waals surface area contributed by atoms with E-state index in [2.05, 4.69) is 20.3 Å². The SMILES string of the molecule is BOC[C@@]1(N=[N+]=[N-])O[C@@H](n2ccc(NCC(=O)O)nc2=O)C(F)C1N. The Morgan fingerprint density at radius 3 is 3.04 bits per heavy atom. The van der Waals surface area contributed by atoms with Crippen molar-refractivity contribution in [1.29, 1.82) is 0 Å². The van der Waals surface area contributed by atoms with Gasteiger partial charge in [0.25, 0.3) is 8.05 Å².